The minimum atomic E-state index is -2.91. The molecule has 0 aliphatic carbocycles. The van der Waals surface area contributed by atoms with Crippen LogP contribution in [0.1, 0.15) is 0 Å². The van der Waals surface area contributed by atoms with Gasteiger partial charge in [-0.15, -0.1) is 0 Å². The molecular weight excluding hydrogens is 537 g/mol. The summed E-state index contributed by atoms with van der Waals surface area (Å²) in [6.45, 7) is 0. The maximum absolute atomic E-state index is 3.75. The Morgan fingerprint density at radius 2 is 1.00 bits per heavy atom. The van der Waals surface area contributed by atoms with Gasteiger partial charge in [0.25, 0.3) is 0 Å². The number of hydrogen-bond acceptors (Lipinski definition) is 2. The molecule has 0 bridgehead atoms. The first-order chi connectivity index (χ1) is 12.2. The summed E-state index contributed by atoms with van der Waals surface area (Å²) in [5.41, 5.74) is 0. The Kier molecular flexibility index (Phi) is 4.10. The first-order valence-electron chi connectivity index (χ1n) is 7.92. The molecular formula is C20H12Br2GeS2. The zero-order valence-electron chi connectivity index (χ0n) is 13.0. The summed E-state index contributed by atoms with van der Waals surface area (Å²) >= 11 is 8.35. The van der Waals surface area contributed by atoms with Crippen LogP contribution in [0.15, 0.2) is 80.4 Å². The number of benzene rings is 2. The van der Waals surface area contributed by atoms with Crippen LogP contribution in [-0.4, -0.2) is 13.3 Å². The minimum absolute atomic E-state index is 1.23. The SMILES string of the molecule is Brc1c[c]2c(s1)-c1sc(Br)c[c]1[Ge]2([c]1ccccc1)[c]1ccccc1. The molecule has 0 unspecified atom stereocenters. The Labute approximate surface area is 174 Å². The van der Waals surface area contributed by atoms with E-state index in [1.807, 2.05) is 22.7 Å². The maximum atomic E-state index is 3.75. The van der Waals surface area contributed by atoms with Crippen molar-refractivity contribution in [1.82, 2.24) is 0 Å². The number of rotatable bonds is 2. The number of halogens is 2. The van der Waals surface area contributed by atoms with E-state index in [0.29, 0.717) is 0 Å². The molecule has 2 aromatic carbocycles. The Morgan fingerprint density at radius 3 is 1.40 bits per heavy atom. The monoisotopic (exact) mass is 548 g/mol. The Morgan fingerprint density at radius 1 is 0.600 bits per heavy atom. The second kappa shape index (κ2) is 6.20. The Bertz CT molecular complexity index is 980. The topological polar surface area (TPSA) is 0 Å². The van der Waals surface area contributed by atoms with Gasteiger partial charge in [0.2, 0.25) is 0 Å². The van der Waals surface area contributed by atoms with Gasteiger partial charge in [0.1, 0.15) is 0 Å². The summed E-state index contributed by atoms with van der Waals surface area (Å²) in [6.07, 6.45) is 0. The van der Waals surface area contributed by atoms with Crippen molar-refractivity contribution in [2.24, 2.45) is 0 Å². The van der Waals surface area contributed by atoms with E-state index >= 15 is 0 Å². The molecule has 4 aromatic rings. The third kappa shape index (κ3) is 2.34. The second-order valence-corrected chi connectivity index (χ2v) is 18.8. The standard InChI is InChI=1S/C20H12Br2GeS2/c21-17-11-15-19(24-17)20-16(12-18(22)25-20)23(15,13-7-3-1-4-8-13)14-9-5-2-6-10-14/h1-12H. The summed E-state index contributed by atoms with van der Waals surface area (Å²) in [6, 6.07) is 27.1. The molecule has 0 radical (unpaired) electrons. The molecule has 0 fully saturated rings. The molecule has 0 amide bonds. The zero-order valence-corrected chi connectivity index (χ0v) is 19.9. The van der Waals surface area contributed by atoms with Gasteiger partial charge < -0.3 is 0 Å². The fourth-order valence-electron chi connectivity index (χ4n) is 3.93. The van der Waals surface area contributed by atoms with Crippen LogP contribution in [-0.2, 0) is 0 Å². The van der Waals surface area contributed by atoms with Crippen LogP contribution in [0.4, 0.5) is 0 Å². The van der Waals surface area contributed by atoms with Crippen molar-refractivity contribution in [3.63, 3.8) is 0 Å². The second-order valence-electron chi connectivity index (χ2n) is 6.07. The molecule has 0 atom stereocenters. The molecule has 0 spiro atoms. The van der Waals surface area contributed by atoms with Crippen molar-refractivity contribution >= 4 is 85.4 Å². The summed E-state index contributed by atoms with van der Waals surface area (Å²) in [5, 5.41) is 0. The van der Waals surface area contributed by atoms with E-state index in [1.54, 1.807) is 8.79 Å². The summed E-state index contributed by atoms with van der Waals surface area (Å²) < 4.78 is 8.61. The van der Waals surface area contributed by atoms with Gasteiger partial charge in [-0.2, -0.15) is 0 Å². The van der Waals surface area contributed by atoms with Gasteiger partial charge >= 0.3 is 176 Å². The van der Waals surface area contributed by atoms with Crippen molar-refractivity contribution in [1.29, 1.82) is 0 Å². The molecule has 0 N–H and O–H groups in total. The molecule has 122 valence electrons. The summed E-state index contributed by atoms with van der Waals surface area (Å²) in [5.74, 6) is 0. The van der Waals surface area contributed by atoms with E-state index in [1.165, 1.54) is 26.1 Å². The van der Waals surface area contributed by atoms with Crippen LogP contribution in [0.5, 0.6) is 0 Å². The summed E-state index contributed by atoms with van der Waals surface area (Å²) in [7, 11) is 0. The third-order valence-corrected chi connectivity index (χ3v) is 19.1. The third-order valence-electron chi connectivity index (χ3n) is 4.83. The Balaban J connectivity index is 1.97. The first kappa shape index (κ1) is 16.5. The number of hydrogen-bond donors (Lipinski definition) is 0. The van der Waals surface area contributed by atoms with Gasteiger partial charge in [0.05, 0.1) is 0 Å². The van der Waals surface area contributed by atoms with Crippen LogP contribution >= 0.6 is 54.5 Å². The van der Waals surface area contributed by atoms with Crippen molar-refractivity contribution in [3.05, 3.63) is 80.4 Å². The number of fused-ring (bicyclic) bond motifs is 3. The first-order valence-corrected chi connectivity index (χ1v) is 15.3. The van der Waals surface area contributed by atoms with E-state index in [2.05, 4.69) is 105 Å². The predicted molar refractivity (Wildman–Crippen MR) is 120 cm³/mol. The summed E-state index contributed by atoms with van der Waals surface area (Å²) in [4.78, 5) is 2.93. The average Bonchev–Trinajstić information content (AvgIpc) is 3.26. The van der Waals surface area contributed by atoms with Crippen molar-refractivity contribution in [3.8, 4) is 9.75 Å². The fourth-order valence-corrected chi connectivity index (χ4v) is 21.3. The zero-order chi connectivity index (χ0) is 17.0. The molecule has 1 aliphatic heterocycles. The van der Waals surface area contributed by atoms with Crippen LogP contribution in [0, 0.1) is 0 Å². The van der Waals surface area contributed by atoms with E-state index in [-0.39, 0.29) is 0 Å². The molecule has 0 nitrogen and oxygen atoms in total. The van der Waals surface area contributed by atoms with Gasteiger partial charge in [-0.25, -0.2) is 0 Å². The molecule has 5 heteroatoms. The fraction of sp³-hybridized carbons (Fsp3) is 0. The quantitative estimate of drug-likeness (QED) is 0.281. The predicted octanol–water partition coefficient (Wildman–Crippen LogP) is 4.69. The van der Waals surface area contributed by atoms with Gasteiger partial charge in [0.15, 0.2) is 0 Å². The Hall–Kier alpha value is -0.657. The van der Waals surface area contributed by atoms with E-state index in [0.717, 1.165) is 0 Å². The molecule has 25 heavy (non-hydrogen) atoms. The van der Waals surface area contributed by atoms with Crippen molar-refractivity contribution in [2.45, 2.75) is 0 Å². The molecule has 3 heterocycles. The van der Waals surface area contributed by atoms with E-state index in [9.17, 15) is 0 Å². The molecule has 0 saturated carbocycles. The molecule has 0 saturated heterocycles. The van der Waals surface area contributed by atoms with Gasteiger partial charge in [0, 0.05) is 0 Å². The average molecular weight is 549 g/mol. The van der Waals surface area contributed by atoms with Gasteiger partial charge in [-0.3, -0.25) is 0 Å². The van der Waals surface area contributed by atoms with Crippen molar-refractivity contribution < 1.29 is 0 Å². The number of thiophene rings is 2. The van der Waals surface area contributed by atoms with Crippen LogP contribution < -0.4 is 17.6 Å². The van der Waals surface area contributed by atoms with Crippen LogP contribution in [0.2, 0.25) is 0 Å². The van der Waals surface area contributed by atoms with Gasteiger partial charge in [-0.1, -0.05) is 0 Å². The van der Waals surface area contributed by atoms with E-state index < -0.39 is 13.3 Å². The van der Waals surface area contributed by atoms with Crippen LogP contribution in [0.3, 0.4) is 0 Å². The normalized spacial score (nSPS) is 14.3. The van der Waals surface area contributed by atoms with Gasteiger partial charge in [-0.05, 0) is 0 Å². The molecule has 5 rings (SSSR count). The molecule has 1 aliphatic rings. The van der Waals surface area contributed by atoms with Crippen LogP contribution in [0.25, 0.3) is 9.75 Å². The molecule has 2 aromatic heterocycles. The van der Waals surface area contributed by atoms with Crippen molar-refractivity contribution in [2.75, 3.05) is 0 Å². The van der Waals surface area contributed by atoms with E-state index in [4.69, 9.17) is 0 Å².